The van der Waals surface area contributed by atoms with Crippen molar-refractivity contribution in [1.82, 2.24) is 9.78 Å². The molecule has 0 atom stereocenters. The number of thiocarbonyl (C=S) groups is 1. The van der Waals surface area contributed by atoms with Gasteiger partial charge in [-0.3, -0.25) is 4.68 Å². The van der Waals surface area contributed by atoms with Gasteiger partial charge < -0.3 is 5.32 Å². The molecule has 0 saturated heterocycles. The van der Waals surface area contributed by atoms with E-state index >= 15 is 0 Å². The molecule has 1 aromatic heterocycles. The molecule has 2 aromatic rings. The third kappa shape index (κ3) is 2.68. The Morgan fingerprint density at radius 2 is 2.19 bits per heavy atom. The standard InChI is InChI=1S/C11H10BrN3S/c12-10-4-2-1-3-9(10)7-15-6-5-11(14-15)13-8-16/h1-6,8H,7H2,(H,13,14,16). The lowest BCUT2D eigenvalue weighted by atomic mass is 10.2. The second-order valence-corrected chi connectivity index (χ2v) is 4.34. The van der Waals surface area contributed by atoms with Crippen LogP contribution in [-0.4, -0.2) is 15.3 Å². The van der Waals surface area contributed by atoms with Crippen LogP contribution in [-0.2, 0) is 6.54 Å². The molecule has 0 unspecified atom stereocenters. The van der Waals surface area contributed by atoms with Gasteiger partial charge in [-0.05, 0) is 11.6 Å². The van der Waals surface area contributed by atoms with Crippen molar-refractivity contribution in [2.75, 3.05) is 5.32 Å². The van der Waals surface area contributed by atoms with E-state index in [-0.39, 0.29) is 0 Å². The largest absolute Gasteiger partial charge is 0.336 e. The van der Waals surface area contributed by atoms with Crippen LogP contribution in [0, 0.1) is 0 Å². The summed E-state index contributed by atoms with van der Waals surface area (Å²) < 4.78 is 2.95. The number of anilines is 1. The Kier molecular flexibility index (Phi) is 3.69. The van der Waals surface area contributed by atoms with E-state index in [1.54, 1.807) is 0 Å². The number of aromatic nitrogens is 2. The van der Waals surface area contributed by atoms with Gasteiger partial charge in [0.2, 0.25) is 0 Å². The summed E-state index contributed by atoms with van der Waals surface area (Å²) in [5.74, 6) is 0.766. The van der Waals surface area contributed by atoms with Crippen LogP contribution in [0.25, 0.3) is 0 Å². The van der Waals surface area contributed by atoms with E-state index in [9.17, 15) is 0 Å². The molecule has 5 heteroatoms. The predicted molar refractivity (Wildman–Crippen MR) is 72.7 cm³/mol. The molecule has 1 heterocycles. The zero-order valence-corrected chi connectivity index (χ0v) is 10.8. The van der Waals surface area contributed by atoms with Crippen molar-refractivity contribution in [2.24, 2.45) is 0 Å². The molecule has 0 aliphatic carbocycles. The zero-order valence-electron chi connectivity index (χ0n) is 8.43. The van der Waals surface area contributed by atoms with Gasteiger partial charge in [0.25, 0.3) is 0 Å². The predicted octanol–water partition coefficient (Wildman–Crippen LogP) is 3.06. The summed E-state index contributed by atoms with van der Waals surface area (Å²) in [4.78, 5) is 0. The molecular formula is C11H10BrN3S. The molecule has 16 heavy (non-hydrogen) atoms. The Hall–Kier alpha value is -1.20. The second-order valence-electron chi connectivity index (χ2n) is 3.25. The molecule has 1 aromatic carbocycles. The number of hydrogen-bond donors (Lipinski definition) is 1. The molecule has 0 aliphatic heterocycles. The van der Waals surface area contributed by atoms with E-state index in [2.05, 4.69) is 32.4 Å². The molecule has 0 radical (unpaired) electrons. The quantitative estimate of drug-likeness (QED) is 0.879. The normalized spacial score (nSPS) is 10.1. The lowest BCUT2D eigenvalue weighted by Gasteiger charge is -2.04. The van der Waals surface area contributed by atoms with Gasteiger partial charge in [0.1, 0.15) is 0 Å². The van der Waals surface area contributed by atoms with Gasteiger partial charge in [0.15, 0.2) is 5.82 Å². The smallest absolute Gasteiger partial charge is 0.152 e. The monoisotopic (exact) mass is 295 g/mol. The highest BCUT2D eigenvalue weighted by molar-refractivity contribution is 9.10. The third-order valence-electron chi connectivity index (χ3n) is 2.14. The van der Waals surface area contributed by atoms with Crippen molar-refractivity contribution >= 4 is 39.5 Å². The minimum absolute atomic E-state index is 0.737. The Bertz CT molecular complexity index is 495. The lowest BCUT2D eigenvalue weighted by Crippen LogP contribution is -2.02. The van der Waals surface area contributed by atoms with Crippen molar-refractivity contribution in [2.45, 2.75) is 6.54 Å². The van der Waals surface area contributed by atoms with Crippen molar-refractivity contribution < 1.29 is 0 Å². The first-order valence-electron chi connectivity index (χ1n) is 4.76. The van der Waals surface area contributed by atoms with Crippen molar-refractivity contribution in [3.63, 3.8) is 0 Å². The van der Waals surface area contributed by atoms with Crippen LogP contribution in [0.4, 0.5) is 5.82 Å². The fraction of sp³-hybridized carbons (Fsp3) is 0.0909. The molecule has 0 aliphatic rings. The van der Waals surface area contributed by atoms with E-state index in [0.29, 0.717) is 0 Å². The maximum Gasteiger partial charge on any atom is 0.152 e. The molecule has 82 valence electrons. The molecule has 0 fully saturated rings. The SMILES string of the molecule is S=CNc1ccn(Cc2ccccc2Br)n1. The summed E-state index contributed by atoms with van der Waals surface area (Å²) in [5.41, 5.74) is 2.64. The van der Waals surface area contributed by atoms with Crippen LogP contribution in [0.2, 0.25) is 0 Å². The molecule has 0 bridgehead atoms. The van der Waals surface area contributed by atoms with Crippen LogP contribution in [0.15, 0.2) is 41.0 Å². The Morgan fingerprint density at radius 1 is 1.38 bits per heavy atom. The van der Waals surface area contributed by atoms with Crippen molar-refractivity contribution in [3.05, 3.63) is 46.6 Å². The van der Waals surface area contributed by atoms with E-state index in [1.165, 1.54) is 11.1 Å². The topological polar surface area (TPSA) is 29.9 Å². The van der Waals surface area contributed by atoms with Crippen molar-refractivity contribution in [1.29, 1.82) is 0 Å². The molecule has 1 N–H and O–H groups in total. The first-order chi connectivity index (χ1) is 7.79. The Balaban J connectivity index is 2.14. The van der Waals surface area contributed by atoms with E-state index in [1.807, 2.05) is 35.1 Å². The molecule has 0 saturated carbocycles. The van der Waals surface area contributed by atoms with Gasteiger partial charge in [-0.2, -0.15) is 5.10 Å². The molecule has 0 amide bonds. The highest BCUT2D eigenvalue weighted by atomic mass is 79.9. The number of halogens is 1. The number of nitrogens with zero attached hydrogens (tertiary/aromatic N) is 2. The summed E-state index contributed by atoms with van der Waals surface area (Å²) in [6, 6.07) is 9.99. The minimum Gasteiger partial charge on any atom is -0.336 e. The molecule has 0 spiro atoms. The summed E-state index contributed by atoms with van der Waals surface area (Å²) in [6.45, 7) is 0.737. The maximum atomic E-state index is 4.70. The highest BCUT2D eigenvalue weighted by Gasteiger charge is 2.01. The summed E-state index contributed by atoms with van der Waals surface area (Å²) in [7, 11) is 0. The van der Waals surface area contributed by atoms with Crippen LogP contribution in [0.3, 0.4) is 0 Å². The fourth-order valence-electron chi connectivity index (χ4n) is 1.39. The van der Waals surface area contributed by atoms with Crippen LogP contribution < -0.4 is 5.32 Å². The second kappa shape index (κ2) is 5.23. The maximum absolute atomic E-state index is 4.70. The Labute approximate surface area is 108 Å². The average Bonchev–Trinajstić information content (AvgIpc) is 2.70. The third-order valence-corrected chi connectivity index (χ3v) is 3.03. The molecule has 3 nitrogen and oxygen atoms in total. The van der Waals surface area contributed by atoms with Gasteiger partial charge >= 0.3 is 0 Å². The van der Waals surface area contributed by atoms with Gasteiger partial charge in [-0.1, -0.05) is 46.3 Å². The minimum atomic E-state index is 0.737. The summed E-state index contributed by atoms with van der Waals surface area (Å²) in [5, 5.41) is 7.20. The first-order valence-corrected chi connectivity index (χ1v) is 6.03. The summed E-state index contributed by atoms with van der Waals surface area (Å²) >= 11 is 8.21. The van der Waals surface area contributed by atoms with E-state index < -0.39 is 0 Å². The average molecular weight is 296 g/mol. The molecule has 2 rings (SSSR count). The van der Waals surface area contributed by atoms with E-state index in [4.69, 9.17) is 12.2 Å². The number of benzene rings is 1. The number of rotatable bonds is 4. The van der Waals surface area contributed by atoms with E-state index in [0.717, 1.165) is 16.8 Å². The van der Waals surface area contributed by atoms with Gasteiger partial charge in [0.05, 0.1) is 12.0 Å². The highest BCUT2D eigenvalue weighted by Crippen LogP contribution is 2.17. The number of hydrogen-bond acceptors (Lipinski definition) is 2. The number of nitrogens with one attached hydrogen (secondary N) is 1. The van der Waals surface area contributed by atoms with Crippen LogP contribution >= 0.6 is 28.1 Å². The molecular weight excluding hydrogens is 286 g/mol. The van der Waals surface area contributed by atoms with Gasteiger partial charge in [-0.15, -0.1) is 0 Å². The van der Waals surface area contributed by atoms with Crippen LogP contribution in [0.5, 0.6) is 0 Å². The Morgan fingerprint density at radius 3 is 2.94 bits per heavy atom. The van der Waals surface area contributed by atoms with Gasteiger partial charge in [-0.25, -0.2) is 0 Å². The zero-order chi connectivity index (χ0) is 11.4. The first kappa shape index (κ1) is 11.3. The lowest BCUT2D eigenvalue weighted by molar-refractivity contribution is 0.688. The van der Waals surface area contributed by atoms with Crippen molar-refractivity contribution in [3.8, 4) is 0 Å². The summed E-state index contributed by atoms with van der Waals surface area (Å²) in [6.07, 6.45) is 1.92. The van der Waals surface area contributed by atoms with Gasteiger partial charge in [0, 0.05) is 16.7 Å². The fourth-order valence-corrected chi connectivity index (χ4v) is 1.92. The van der Waals surface area contributed by atoms with Crippen LogP contribution in [0.1, 0.15) is 5.56 Å².